The monoisotopic (exact) mass is 408 g/mol. The summed E-state index contributed by atoms with van der Waals surface area (Å²) in [4.78, 5) is 17.5. The topological polar surface area (TPSA) is 87.1 Å². The van der Waals surface area contributed by atoms with Gasteiger partial charge in [0.1, 0.15) is 36.4 Å². The Labute approximate surface area is 164 Å². The van der Waals surface area contributed by atoms with Crippen molar-refractivity contribution in [3.63, 3.8) is 0 Å². The summed E-state index contributed by atoms with van der Waals surface area (Å²) in [6.07, 6.45) is -2.04. The fraction of sp³-hybridized carbons (Fsp3) is 0.444. The lowest BCUT2D eigenvalue weighted by Gasteiger charge is -2.18. The van der Waals surface area contributed by atoms with Gasteiger partial charge >= 0.3 is 6.09 Å². The SMILES string of the molecule is CCNc1cc2c(c3c1OCO3)-c1nc(N3C(=O)OCC3C(F)F)cn1CCO2. The molecule has 0 spiro atoms. The number of benzene rings is 1. The maximum Gasteiger partial charge on any atom is 0.416 e. The zero-order valence-corrected chi connectivity index (χ0v) is 15.5. The van der Waals surface area contributed by atoms with Crippen LogP contribution < -0.4 is 24.4 Å². The van der Waals surface area contributed by atoms with Gasteiger partial charge < -0.3 is 28.8 Å². The molecule has 9 nitrogen and oxygen atoms in total. The van der Waals surface area contributed by atoms with Crippen LogP contribution in [0.3, 0.4) is 0 Å². The number of imidazole rings is 1. The fourth-order valence-corrected chi connectivity index (χ4v) is 3.72. The third-order valence-corrected chi connectivity index (χ3v) is 4.99. The van der Waals surface area contributed by atoms with Gasteiger partial charge in [0.2, 0.25) is 6.79 Å². The number of ether oxygens (including phenoxy) is 4. The van der Waals surface area contributed by atoms with Crippen LogP contribution in [-0.2, 0) is 11.3 Å². The van der Waals surface area contributed by atoms with Crippen molar-refractivity contribution in [2.45, 2.75) is 25.9 Å². The van der Waals surface area contributed by atoms with Crippen molar-refractivity contribution in [1.29, 1.82) is 0 Å². The van der Waals surface area contributed by atoms with E-state index in [-0.39, 0.29) is 19.2 Å². The number of nitrogens with zero attached hydrogens (tertiary/aromatic N) is 3. The zero-order valence-electron chi connectivity index (χ0n) is 15.5. The Morgan fingerprint density at radius 1 is 1.28 bits per heavy atom. The number of halogens is 2. The molecule has 0 saturated carbocycles. The Morgan fingerprint density at radius 2 is 2.10 bits per heavy atom. The van der Waals surface area contributed by atoms with Crippen LogP contribution in [0.15, 0.2) is 12.3 Å². The largest absolute Gasteiger partial charge is 0.491 e. The third kappa shape index (κ3) is 2.71. The summed E-state index contributed by atoms with van der Waals surface area (Å²) in [5.74, 6) is 2.09. The van der Waals surface area contributed by atoms with Crippen molar-refractivity contribution in [2.75, 3.05) is 36.8 Å². The molecule has 1 fully saturated rings. The molecule has 0 radical (unpaired) electrons. The first-order valence-electron chi connectivity index (χ1n) is 9.23. The summed E-state index contributed by atoms with van der Waals surface area (Å²) >= 11 is 0. The lowest BCUT2D eigenvalue weighted by molar-refractivity contribution is 0.104. The van der Waals surface area contributed by atoms with Gasteiger partial charge in [0.05, 0.1) is 12.2 Å². The minimum atomic E-state index is -2.75. The summed E-state index contributed by atoms with van der Waals surface area (Å²) in [5, 5.41) is 3.21. The van der Waals surface area contributed by atoms with Gasteiger partial charge in [-0.15, -0.1) is 0 Å². The van der Waals surface area contributed by atoms with E-state index < -0.39 is 18.6 Å². The highest BCUT2D eigenvalue weighted by Crippen LogP contribution is 2.52. The Hall–Kier alpha value is -3.24. The van der Waals surface area contributed by atoms with Crippen LogP contribution in [0.5, 0.6) is 17.2 Å². The van der Waals surface area contributed by atoms with Crippen molar-refractivity contribution in [1.82, 2.24) is 9.55 Å². The van der Waals surface area contributed by atoms with E-state index in [9.17, 15) is 13.6 Å². The third-order valence-electron chi connectivity index (χ3n) is 4.99. The van der Waals surface area contributed by atoms with E-state index in [4.69, 9.17) is 18.9 Å². The number of carbonyl (C=O) groups is 1. The number of alkyl halides is 2. The van der Waals surface area contributed by atoms with Gasteiger partial charge in [-0.3, -0.25) is 0 Å². The molecular weight excluding hydrogens is 390 g/mol. The summed E-state index contributed by atoms with van der Waals surface area (Å²) in [6.45, 7) is 3.07. The molecule has 1 unspecified atom stereocenters. The molecule has 1 saturated heterocycles. The molecule has 0 bridgehead atoms. The highest BCUT2D eigenvalue weighted by Gasteiger charge is 2.42. The second kappa shape index (κ2) is 6.68. The zero-order chi connectivity index (χ0) is 20.1. The van der Waals surface area contributed by atoms with Crippen LogP contribution in [0.1, 0.15) is 6.92 Å². The van der Waals surface area contributed by atoms with Gasteiger partial charge in [-0.1, -0.05) is 0 Å². The van der Waals surface area contributed by atoms with Gasteiger partial charge in [-0.05, 0) is 6.92 Å². The van der Waals surface area contributed by atoms with E-state index in [1.165, 1.54) is 0 Å². The van der Waals surface area contributed by atoms with Crippen molar-refractivity contribution in [3.8, 4) is 28.6 Å². The van der Waals surface area contributed by atoms with Crippen LogP contribution in [0.25, 0.3) is 11.4 Å². The predicted octanol–water partition coefficient (Wildman–Crippen LogP) is 2.69. The molecule has 11 heteroatoms. The Morgan fingerprint density at radius 3 is 2.90 bits per heavy atom. The fourth-order valence-electron chi connectivity index (χ4n) is 3.72. The van der Waals surface area contributed by atoms with E-state index in [1.54, 1.807) is 10.8 Å². The van der Waals surface area contributed by atoms with Gasteiger partial charge in [0.15, 0.2) is 17.3 Å². The highest BCUT2D eigenvalue weighted by molar-refractivity contribution is 5.90. The predicted molar refractivity (Wildman–Crippen MR) is 97.1 cm³/mol. The smallest absolute Gasteiger partial charge is 0.416 e. The van der Waals surface area contributed by atoms with E-state index >= 15 is 0 Å². The van der Waals surface area contributed by atoms with E-state index in [1.807, 2.05) is 13.0 Å². The maximum atomic E-state index is 13.4. The summed E-state index contributed by atoms with van der Waals surface area (Å²) in [6, 6.07) is 0.432. The molecule has 4 heterocycles. The standard InChI is InChI=1S/C18H18F2N4O5/c1-2-21-9-5-11-13(15-14(9)28-8-29-15)17-22-12(6-23(17)3-4-26-11)24-10(16(19)20)7-27-18(24)25/h5-6,10,16,21H,2-4,7-8H2,1H3. The number of rotatable bonds is 4. The van der Waals surface area contributed by atoms with Crippen LogP contribution in [0, 0.1) is 0 Å². The molecule has 5 rings (SSSR count). The van der Waals surface area contributed by atoms with Crippen LogP contribution in [0.4, 0.5) is 25.1 Å². The van der Waals surface area contributed by atoms with E-state index in [2.05, 4.69) is 10.3 Å². The first kappa shape index (κ1) is 17.8. The molecular formula is C18H18F2N4O5. The molecule has 1 aromatic heterocycles. The molecule has 3 aliphatic heterocycles. The minimum absolute atomic E-state index is 0.0453. The Balaban J connectivity index is 1.64. The molecule has 0 aliphatic carbocycles. The molecule has 1 amide bonds. The van der Waals surface area contributed by atoms with Crippen molar-refractivity contribution in [2.24, 2.45) is 0 Å². The maximum absolute atomic E-state index is 13.4. The van der Waals surface area contributed by atoms with Gasteiger partial charge in [-0.25, -0.2) is 23.5 Å². The quantitative estimate of drug-likeness (QED) is 0.832. The number of hydrogen-bond acceptors (Lipinski definition) is 7. The molecule has 154 valence electrons. The molecule has 2 aromatic rings. The molecule has 29 heavy (non-hydrogen) atoms. The average molecular weight is 408 g/mol. The van der Waals surface area contributed by atoms with Crippen molar-refractivity contribution in [3.05, 3.63) is 12.3 Å². The molecule has 1 aromatic carbocycles. The van der Waals surface area contributed by atoms with E-state index in [0.29, 0.717) is 48.3 Å². The first-order valence-corrected chi connectivity index (χ1v) is 9.23. The Bertz CT molecular complexity index is 980. The first-order chi connectivity index (χ1) is 14.1. The lowest BCUT2D eigenvalue weighted by Crippen LogP contribution is -2.38. The van der Waals surface area contributed by atoms with Crippen LogP contribution in [0.2, 0.25) is 0 Å². The number of nitrogens with one attached hydrogen (secondary N) is 1. The second-order valence-electron chi connectivity index (χ2n) is 6.71. The Kier molecular flexibility index (Phi) is 4.10. The number of hydrogen-bond donors (Lipinski definition) is 1. The van der Waals surface area contributed by atoms with Crippen LogP contribution in [-0.4, -0.2) is 54.7 Å². The number of anilines is 2. The number of cyclic esters (lactones) is 1. The number of carbonyl (C=O) groups excluding carboxylic acids is 1. The normalized spacial score (nSPS) is 19.5. The van der Waals surface area contributed by atoms with Gasteiger partial charge in [0, 0.05) is 18.8 Å². The summed E-state index contributed by atoms with van der Waals surface area (Å²) in [5.41, 5.74) is 1.30. The van der Waals surface area contributed by atoms with Crippen LogP contribution >= 0.6 is 0 Å². The summed E-state index contributed by atoms with van der Waals surface area (Å²) < 4.78 is 50.5. The van der Waals surface area contributed by atoms with Crippen molar-refractivity contribution < 1.29 is 32.5 Å². The molecule has 1 atom stereocenters. The lowest BCUT2D eigenvalue weighted by atomic mass is 10.1. The number of amides is 1. The second-order valence-corrected chi connectivity index (χ2v) is 6.71. The number of fused-ring (bicyclic) bond motifs is 5. The van der Waals surface area contributed by atoms with Gasteiger partial charge in [-0.2, -0.15) is 0 Å². The highest BCUT2D eigenvalue weighted by atomic mass is 19.3. The minimum Gasteiger partial charge on any atom is -0.491 e. The van der Waals surface area contributed by atoms with E-state index in [0.717, 1.165) is 10.6 Å². The number of aromatic nitrogens is 2. The average Bonchev–Trinajstić information content (AvgIpc) is 3.39. The molecule has 1 N–H and O–H groups in total. The molecule has 3 aliphatic rings. The summed E-state index contributed by atoms with van der Waals surface area (Å²) in [7, 11) is 0. The van der Waals surface area contributed by atoms with Crippen molar-refractivity contribution >= 4 is 17.6 Å². The van der Waals surface area contributed by atoms with Gasteiger partial charge in [0.25, 0.3) is 6.43 Å².